The highest BCUT2D eigenvalue weighted by Gasteiger charge is 2.19. The summed E-state index contributed by atoms with van der Waals surface area (Å²) in [6, 6.07) is 7.52. The van der Waals surface area contributed by atoms with E-state index in [1.165, 1.54) is 4.85 Å². The van der Waals surface area contributed by atoms with Gasteiger partial charge in [0.15, 0.2) is 0 Å². The summed E-state index contributed by atoms with van der Waals surface area (Å²) in [5.74, 6) is 0. The van der Waals surface area contributed by atoms with Crippen LogP contribution >= 0.6 is 0 Å². The lowest BCUT2D eigenvalue weighted by atomic mass is 10.1. The standard InChI is InChI=1S/C11H15N3O2/c1-3-11(2,15)8-16-14-10-7-5-4-6-9(10)12-13-14/h4-7,15H,3,8H2,1-2H3. The molecule has 1 N–H and O–H groups in total. The molecule has 0 saturated heterocycles. The van der Waals surface area contributed by atoms with Crippen molar-refractivity contribution in [2.24, 2.45) is 0 Å². The maximum Gasteiger partial charge on any atom is 0.145 e. The van der Waals surface area contributed by atoms with Crippen LogP contribution < -0.4 is 4.84 Å². The molecule has 1 atom stereocenters. The lowest BCUT2D eigenvalue weighted by Gasteiger charge is -2.20. The molecule has 1 heterocycles. The van der Waals surface area contributed by atoms with E-state index in [0.717, 1.165) is 11.0 Å². The van der Waals surface area contributed by atoms with Gasteiger partial charge in [-0.2, -0.15) is 0 Å². The summed E-state index contributed by atoms with van der Waals surface area (Å²) in [5, 5.41) is 17.6. The second kappa shape index (κ2) is 4.09. The van der Waals surface area contributed by atoms with E-state index >= 15 is 0 Å². The van der Waals surface area contributed by atoms with Gasteiger partial charge in [0.25, 0.3) is 0 Å². The van der Waals surface area contributed by atoms with Gasteiger partial charge < -0.3 is 9.94 Å². The molecule has 86 valence electrons. The first-order valence-electron chi connectivity index (χ1n) is 5.28. The summed E-state index contributed by atoms with van der Waals surface area (Å²) >= 11 is 0. The van der Waals surface area contributed by atoms with Crippen LogP contribution in [-0.4, -0.2) is 32.5 Å². The number of para-hydroxylation sites is 1. The Hall–Kier alpha value is -1.62. The molecule has 0 bridgehead atoms. The van der Waals surface area contributed by atoms with Crippen molar-refractivity contribution < 1.29 is 9.94 Å². The van der Waals surface area contributed by atoms with Crippen molar-refractivity contribution in [3.63, 3.8) is 0 Å². The minimum Gasteiger partial charge on any atom is -0.392 e. The largest absolute Gasteiger partial charge is 0.392 e. The van der Waals surface area contributed by atoms with Crippen molar-refractivity contribution >= 4 is 11.0 Å². The van der Waals surface area contributed by atoms with Gasteiger partial charge in [-0.15, -0.1) is 5.10 Å². The second-order valence-corrected chi connectivity index (χ2v) is 4.08. The summed E-state index contributed by atoms with van der Waals surface area (Å²) in [7, 11) is 0. The number of aliphatic hydroxyl groups is 1. The third-order valence-corrected chi connectivity index (χ3v) is 2.58. The predicted octanol–water partition coefficient (Wildman–Crippen LogP) is 1.02. The molecule has 0 aliphatic heterocycles. The Balaban J connectivity index is 2.16. The van der Waals surface area contributed by atoms with E-state index in [9.17, 15) is 5.11 Å². The topological polar surface area (TPSA) is 60.2 Å². The Morgan fingerprint density at radius 1 is 1.44 bits per heavy atom. The predicted molar refractivity (Wildman–Crippen MR) is 59.9 cm³/mol. The van der Waals surface area contributed by atoms with Gasteiger partial charge in [-0.1, -0.05) is 23.9 Å². The van der Waals surface area contributed by atoms with Crippen LogP contribution in [0.25, 0.3) is 11.0 Å². The molecule has 16 heavy (non-hydrogen) atoms. The zero-order valence-corrected chi connectivity index (χ0v) is 9.42. The van der Waals surface area contributed by atoms with Crippen LogP contribution in [0.15, 0.2) is 24.3 Å². The summed E-state index contributed by atoms with van der Waals surface area (Å²) in [6.07, 6.45) is 0.625. The van der Waals surface area contributed by atoms with Crippen LogP contribution in [0.5, 0.6) is 0 Å². The van der Waals surface area contributed by atoms with E-state index in [4.69, 9.17) is 4.84 Å². The fraction of sp³-hybridized carbons (Fsp3) is 0.455. The van der Waals surface area contributed by atoms with E-state index in [1.54, 1.807) is 6.92 Å². The number of rotatable bonds is 4. The monoisotopic (exact) mass is 221 g/mol. The van der Waals surface area contributed by atoms with E-state index in [2.05, 4.69) is 10.3 Å². The molecule has 2 rings (SSSR count). The molecule has 0 radical (unpaired) electrons. The Kier molecular flexibility index (Phi) is 2.78. The Morgan fingerprint density at radius 2 is 2.19 bits per heavy atom. The summed E-state index contributed by atoms with van der Waals surface area (Å²) in [4.78, 5) is 6.75. The minimum atomic E-state index is -0.840. The molecule has 0 aliphatic rings. The highest BCUT2D eigenvalue weighted by molar-refractivity contribution is 5.73. The number of nitrogens with zero attached hydrogens (tertiary/aromatic N) is 3. The average molecular weight is 221 g/mol. The van der Waals surface area contributed by atoms with Gasteiger partial charge >= 0.3 is 0 Å². The fourth-order valence-electron chi connectivity index (χ4n) is 1.25. The molecule has 2 aromatic rings. The van der Waals surface area contributed by atoms with Crippen molar-refractivity contribution in [3.05, 3.63) is 24.3 Å². The van der Waals surface area contributed by atoms with Crippen molar-refractivity contribution in [3.8, 4) is 0 Å². The first-order valence-corrected chi connectivity index (χ1v) is 5.28. The van der Waals surface area contributed by atoms with Crippen LogP contribution in [0.2, 0.25) is 0 Å². The Bertz CT molecular complexity index is 479. The van der Waals surface area contributed by atoms with E-state index < -0.39 is 5.60 Å². The van der Waals surface area contributed by atoms with Crippen molar-refractivity contribution in [2.45, 2.75) is 25.9 Å². The van der Waals surface area contributed by atoms with E-state index in [1.807, 2.05) is 31.2 Å². The summed E-state index contributed by atoms with van der Waals surface area (Å²) in [6.45, 7) is 3.83. The lowest BCUT2D eigenvalue weighted by molar-refractivity contribution is -0.0477. The normalized spacial score (nSPS) is 14.9. The Morgan fingerprint density at radius 3 is 2.94 bits per heavy atom. The van der Waals surface area contributed by atoms with Gasteiger partial charge in [0.05, 0.1) is 5.60 Å². The van der Waals surface area contributed by atoms with Crippen LogP contribution in [0.1, 0.15) is 20.3 Å². The Labute approximate surface area is 93.6 Å². The molecule has 1 unspecified atom stereocenters. The molecule has 0 saturated carbocycles. The molecular formula is C11H15N3O2. The van der Waals surface area contributed by atoms with E-state index in [-0.39, 0.29) is 6.61 Å². The molecular weight excluding hydrogens is 206 g/mol. The molecule has 0 spiro atoms. The highest BCUT2D eigenvalue weighted by Crippen LogP contribution is 2.10. The maximum absolute atomic E-state index is 9.81. The van der Waals surface area contributed by atoms with Crippen LogP contribution in [0.3, 0.4) is 0 Å². The number of hydrogen-bond acceptors (Lipinski definition) is 4. The third-order valence-electron chi connectivity index (χ3n) is 2.58. The molecule has 0 aliphatic carbocycles. The van der Waals surface area contributed by atoms with Crippen molar-refractivity contribution in [2.75, 3.05) is 6.61 Å². The minimum absolute atomic E-state index is 0.191. The smallest absolute Gasteiger partial charge is 0.145 e. The number of aromatic nitrogens is 3. The SMILES string of the molecule is CCC(C)(O)COn1nnc2ccccc21. The average Bonchev–Trinajstić information content (AvgIpc) is 2.70. The van der Waals surface area contributed by atoms with Gasteiger partial charge in [0.1, 0.15) is 17.6 Å². The molecule has 5 heteroatoms. The van der Waals surface area contributed by atoms with Gasteiger partial charge in [-0.05, 0) is 30.7 Å². The molecule has 1 aromatic carbocycles. The van der Waals surface area contributed by atoms with Crippen LogP contribution in [0.4, 0.5) is 0 Å². The molecule has 0 amide bonds. The highest BCUT2D eigenvalue weighted by atomic mass is 16.7. The van der Waals surface area contributed by atoms with Gasteiger partial charge in [-0.25, -0.2) is 0 Å². The second-order valence-electron chi connectivity index (χ2n) is 4.08. The number of hydrogen-bond donors (Lipinski definition) is 1. The van der Waals surface area contributed by atoms with Gasteiger partial charge in [0.2, 0.25) is 0 Å². The van der Waals surface area contributed by atoms with Crippen molar-refractivity contribution in [1.29, 1.82) is 0 Å². The zero-order chi connectivity index (χ0) is 11.6. The molecule has 1 aromatic heterocycles. The third kappa shape index (κ3) is 2.14. The molecule has 0 fully saturated rings. The number of benzene rings is 1. The van der Waals surface area contributed by atoms with Gasteiger partial charge in [-0.3, -0.25) is 0 Å². The summed E-state index contributed by atoms with van der Waals surface area (Å²) < 4.78 is 0. The fourth-order valence-corrected chi connectivity index (χ4v) is 1.25. The lowest BCUT2D eigenvalue weighted by Crippen LogP contribution is -2.34. The van der Waals surface area contributed by atoms with Crippen molar-refractivity contribution in [1.82, 2.24) is 15.2 Å². The summed E-state index contributed by atoms with van der Waals surface area (Å²) in [5.41, 5.74) is 0.737. The molecule has 5 nitrogen and oxygen atoms in total. The maximum atomic E-state index is 9.81. The first kappa shape index (κ1) is 10.9. The van der Waals surface area contributed by atoms with Gasteiger partial charge in [0, 0.05) is 0 Å². The van der Waals surface area contributed by atoms with Crippen LogP contribution in [0, 0.1) is 0 Å². The quantitative estimate of drug-likeness (QED) is 0.837. The van der Waals surface area contributed by atoms with E-state index in [0.29, 0.717) is 6.42 Å². The first-order chi connectivity index (χ1) is 7.62. The number of fused-ring (bicyclic) bond motifs is 1. The zero-order valence-electron chi connectivity index (χ0n) is 9.42. The van der Waals surface area contributed by atoms with Crippen LogP contribution in [-0.2, 0) is 0 Å².